The number of benzene rings is 3. The van der Waals surface area contributed by atoms with Crippen LogP contribution in [0.15, 0.2) is 88.3 Å². The zero-order valence-corrected chi connectivity index (χ0v) is 18.8. The van der Waals surface area contributed by atoms with Crippen LogP contribution in [0.1, 0.15) is 21.7 Å². The minimum atomic E-state index is -1.78. The van der Waals surface area contributed by atoms with E-state index in [0.717, 1.165) is 16.7 Å². The summed E-state index contributed by atoms with van der Waals surface area (Å²) < 4.78 is 20.5. The topological polar surface area (TPSA) is 125 Å². The van der Waals surface area contributed by atoms with Gasteiger partial charge in [-0.2, -0.15) is 0 Å². The molecule has 34 heavy (non-hydrogen) atoms. The van der Waals surface area contributed by atoms with E-state index < -0.39 is 22.0 Å². The SMILES string of the molecule is Cc1onc(-c2ccccc2)c1-c1ccc(S(=O)NC(=O)c2ccc(CO[N+](=O)[O-])cc2)cc1. The Balaban J connectivity index is 1.46. The lowest BCUT2D eigenvalue weighted by atomic mass is 10.00. The summed E-state index contributed by atoms with van der Waals surface area (Å²) >= 11 is 0. The van der Waals surface area contributed by atoms with Gasteiger partial charge in [-0.3, -0.25) is 9.52 Å². The highest BCUT2D eigenvalue weighted by atomic mass is 32.2. The summed E-state index contributed by atoms with van der Waals surface area (Å²) in [5.41, 5.74) is 4.12. The molecule has 9 nitrogen and oxygen atoms in total. The first kappa shape index (κ1) is 22.9. The van der Waals surface area contributed by atoms with Crippen LogP contribution in [0.4, 0.5) is 0 Å². The van der Waals surface area contributed by atoms with Crippen molar-refractivity contribution in [3.05, 3.63) is 106 Å². The molecular weight excluding hydrogens is 458 g/mol. The molecule has 0 aliphatic heterocycles. The lowest BCUT2D eigenvalue weighted by molar-refractivity contribution is -0.763. The average molecular weight is 477 g/mol. The van der Waals surface area contributed by atoms with Gasteiger partial charge in [0, 0.05) is 11.1 Å². The largest absolute Gasteiger partial charge is 0.360 e. The fourth-order valence-corrected chi connectivity index (χ4v) is 4.12. The van der Waals surface area contributed by atoms with Crippen LogP contribution in [0.5, 0.6) is 0 Å². The summed E-state index contributed by atoms with van der Waals surface area (Å²) in [7, 11) is -1.78. The zero-order valence-electron chi connectivity index (χ0n) is 18.0. The summed E-state index contributed by atoms with van der Waals surface area (Å²) in [6.45, 7) is 1.61. The molecule has 1 amide bonds. The normalized spacial score (nSPS) is 11.6. The van der Waals surface area contributed by atoms with E-state index in [1.807, 2.05) is 37.3 Å². The Labute approximate surface area is 197 Å². The molecule has 0 saturated carbocycles. The third-order valence-corrected chi connectivity index (χ3v) is 6.08. The van der Waals surface area contributed by atoms with Gasteiger partial charge in [0.1, 0.15) is 18.1 Å². The maximum Gasteiger partial charge on any atom is 0.294 e. The fourth-order valence-electron chi connectivity index (χ4n) is 3.33. The van der Waals surface area contributed by atoms with Crippen molar-refractivity contribution in [3.8, 4) is 22.4 Å². The van der Waals surface area contributed by atoms with Crippen LogP contribution in [0.25, 0.3) is 22.4 Å². The summed E-state index contributed by atoms with van der Waals surface area (Å²) in [5, 5.41) is 13.6. The van der Waals surface area contributed by atoms with E-state index in [9.17, 15) is 19.1 Å². The van der Waals surface area contributed by atoms with E-state index in [1.165, 1.54) is 24.3 Å². The van der Waals surface area contributed by atoms with E-state index in [-0.39, 0.29) is 12.2 Å². The summed E-state index contributed by atoms with van der Waals surface area (Å²) in [6, 6.07) is 22.6. The second-order valence-corrected chi connectivity index (χ2v) is 8.46. The number of rotatable bonds is 8. The minimum absolute atomic E-state index is 0.217. The fraction of sp³-hybridized carbons (Fsp3) is 0.0833. The van der Waals surface area contributed by atoms with E-state index in [2.05, 4.69) is 14.7 Å². The molecule has 1 heterocycles. The van der Waals surface area contributed by atoms with Crippen LogP contribution >= 0.6 is 0 Å². The number of carbonyl (C=O) groups excluding carboxylic acids is 1. The smallest absolute Gasteiger partial charge is 0.294 e. The average Bonchev–Trinajstić information content (AvgIpc) is 3.25. The second-order valence-electron chi connectivity index (χ2n) is 7.25. The molecule has 3 aromatic carbocycles. The van der Waals surface area contributed by atoms with Gasteiger partial charge in [-0.25, -0.2) is 4.21 Å². The maximum absolute atomic E-state index is 12.7. The molecule has 1 N–H and O–H groups in total. The first-order valence-electron chi connectivity index (χ1n) is 10.1. The van der Waals surface area contributed by atoms with Gasteiger partial charge in [0.25, 0.3) is 11.0 Å². The van der Waals surface area contributed by atoms with Crippen LogP contribution in [0, 0.1) is 17.0 Å². The van der Waals surface area contributed by atoms with E-state index in [0.29, 0.717) is 21.9 Å². The van der Waals surface area contributed by atoms with Crippen LogP contribution in [0.2, 0.25) is 0 Å². The number of nitrogens with zero attached hydrogens (tertiary/aromatic N) is 2. The Bertz CT molecular complexity index is 1340. The third kappa shape index (κ3) is 5.18. The monoisotopic (exact) mass is 477 g/mol. The molecule has 0 fully saturated rings. The number of hydrogen-bond donors (Lipinski definition) is 1. The van der Waals surface area contributed by atoms with Gasteiger partial charge in [0.05, 0.1) is 10.5 Å². The molecule has 4 rings (SSSR count). The van der Waals surface area contributed by atoms with Crippen molar-refractivity contribution in [2.24, 2.45) is 0 Å². The van der Waals surface area contributed by atoms with Gasteiger partial charge in [0.15, 0.2) is 11.0 Å². The first-order chi connectivity index (χ1) is 16.4. The molecule has 0 radical (unpaired) electrons. The van der Waals surface area contributed by atoms with Crippen LogP contribution in [-0.4, -0.2) is 20.4 Å². The Morgan fingerprint density at radius 1 is 1.03 bits per heavy atom. The van der Waals surface area contributed by atoms with E-state index in [4.69, 9.17) is 4.52 Å². The van der Waals surface area contributed by atoms with Gasteiger partial charge >= 0.3 is 0 Å². The molecule has 0 spiro atoms. The Kier molecular flexibility index (Phi) is 6.79. The Morgan fingerprint density at radius 3 is 2.35 bits per heavy atom. The molecule has 1 unspecified atom stereocenters. The number of aromatic nitrogens is 1. The maximum atomic E-state index is 12.7. The first-order valence-corrected chi connectivity index (χ1v) is 11.3. The van der Waals surface area contributed by atoms with Crippen LogP contribution in [-0.2, 0) is 22.4 Å². The van der Waals surface area contributed by atoms with Crippen molar-refractivity contribution in [2.45, 2.75) is 18.4 Å². The summed E-state index contributed by atoms with van der Waals surface area (Å²) in [5.74, 6) is 0.124. The van der Waals surface area contributed by atoms with Gasteiger partial charge in [-0.1, -0.05) is 59.8 Å². The molecule has 10 heteroatoms. The van der Waals surface area contributed by atoms with Gasteiger partial charge in [-0.15, -0.1) is 10.1 Å². The number of carbonyl (C=O) groups is 1. The summed E-state index contributed by atoms with van der Waals surface area (Å²) in [4.78, 5) is 27.4. The Morgan fingerprint density at radius 2 is 1.71 bits per heavy atom. The molecular formula is C24H19N3O6S. The number of hydrogen-bond acceptors (Lipinski definition) is 7. The van der Waals surface area contributed by atoms with Crippen LogP contribution in [0.3, 0.4) is 0 Å². The quantitative estimate of drug-likeness (QED) is 0.293. The van der Waals surface area contributed by atoms with E-state index >= 15 is 0 Å². The molecule has 0 saturated heterocycles. The minimum Gasteiger partial charge on any atom is -0.360 e. The van der Waals surface area contributed by atoms with Gasteiger partial charge < -0.3 is 9.36 Å². The van der Waals surface area contributed by atoms with Gasteiger partial charge in [-0.05, 0) is 42.3 Å². The molecule has 0 bridgehead atoms. The Hall–Kier alpha value is -4.31. The lowest BCUT2D eigenvalue weighted by Crippen LogP contribution is -2.25. The number of nitrogens with one attached hydrogen (secondary N) is 1. The van der Waals surface area contributed by atoms with Crippen molar-refractivity contribution in [2.75, 3.05) is 0 Å². The van der Waals surface area contributed by atoms with Gasteiger partial charge in [0.2, 0.25) is 0 Å². The highest BCUT2D eigenvalue weighted by Crippen LogP contribution is 2.34. The van der Waals surface area contributed by atoms with Crippen LogP contribution < -0.4 is 4.72 Å². The highest BCUT2D eigenvalue weighted by Gasteiger charge is 2.17. The molecule has 0 aliphatic rings. The second kappa shape index (κ2) is 10.1. The zero-order chi connectivity index (χ0) is 24.1. The van der Waals surface area contributed by atoms with Crippen molar-refractivity contribution >= 4 is 16.9 Å². The van der Waals surface area contributed by atoms with Crippen molar-refractivity contribution in [1.29, 1.82) is 0 Å². The summed E-state index contributed by atoms with van der Waals surface area (Å²) in [6.07, 6.45) is 0. The van der Waals surface area contributed by atoms with Crippen molar-refractivity contribution in [3.63, 3.8) is 0 Å². The highest BCUT2D eigenvalue weighted by molar-refractivity contribution is 7.83. The van der Waals surface area contributed by atoms with Crippen molar-refractivity contribution < 1.29 is 23.5 Å². The molecule has 172 valence electrons. The molecule has 1 atom stereocenters. The predicted molar refractivity (Wildman–Crippen MR) is 124 cm³/mol. The standard InChI is InChI=1S/C24H19N3O6S/c1-16-22(23(25-33-16)19-5-3-2-4-6-19)18-11-13-21(14-12-18)34(31)26-24(28)20-9-7-17(8-10-20)15-32-27(29)30/h2-14H,15H2,1H3,(H,26,28). The number of aryl methyl sites for hydroxylation is 1. The number of amides is 1. The molecule has 0 aliphatic carbocycles. The molecule has 4 aromatic rings. The molecule has 1 aromatic heterocycles. The van der Waals surface area contributed by atoms with Crippen molar-refractivity contribution in [1.82, 2.24) is 9.88 Å². The lowest BCUT2D eigenvalue weighted by Gasteiger charge is -2.08. The third-order valence-electron chi connectivity index (χ3n) is 5.01. The predicted octanol–water partition coefficient (Wildman–Crippen LogP) is 4.48. The van der Waals surface area contributed by atoms with E-state index in [1.54, 1.807) is 24.3 Å².